The van der Waals surface area contributed by atoms with Crippen LogP contribution in [0.1, 0.15) is 47.3 Å². The van der Waals surface area contributed by atoms with E-state index in [1.807, 2.05) is 11.0 Å². The summed E-state index contributed by atoms with van der Waals surface area (Å²) in [6.45, 7) is 1.75. The zero-order valence-electron chi connectivity index (χ0n) is 10.8. The highest BCUT2D eigenvalue weighted by Crippen LogP contribution is 2.38. The second-order valence-corrected chi connectivity index (χ2v) is 5.36. The van der Waals surface area contributed by atoms with Crippen molar-refractivity contribution in [1.82, 2.24) is 9.88 Å². The van der Waals surface area contributed by atoms with E-state index in [9.17, 15) is 9.59 Å². The Bertz CT molecular complexity index is 621. The lowest BCUT2D eigenvalue weighted by Gasteiger charge is -2.22. The van der Waals surface area contributed by atoms with Crippen molar-refractivity contribution in [2.24, 2.45) is 0 Å². The number of hydrogen-bond donors (Lipinski definition) is 1. The summed E-state index contributed by atoms with van der Waals surface area (Å²) in [7, 11) is 0. The number of nitriles is 1. The molecule has 0 bridgehead atoms. The van der Waals surface area contributed by atoms with Gasteiger partial charge in [-0.25, -0.2) is 0 Å². The quantitative estimate of drug-likeness (QED) is 0.887. The van der Waals surface area contributed by atoms with E-state index in [2.05, 4.69) is 4.98 Å². The number of aromatic nitrogens is 1. The summed E-state index contributed by atoms with van der Waals surface area (Å²) in [5.74, 6) is -0.0934. The van der Waals surface area contributed by atoms with E-state index in [0.717, 1.165) is 25.7 Å². The number of carbonyl (C=O) groups excluding carboxylic acids is 1. The predicted molar refractivity (Wildman–Crippen MR) is 68.7 cm³/mol. The Hall–Kier alpha value is -2.09. The van der Waals surface area contributed by atoms with Gasteiger partial charge in [-0.15, -0.1) is 0 Å². The van der Waals surface area contributed by atoms with Gasteiger partial charge in [-0.05, 0) is 44.2 Å². The maximum atomic E-state index is 12.6. The van der Waals surface area contributed by atoms with Gasteiger partial charge in [-0.3, -0.25) is 9.59 Å². The number of aryl methyl sites for hydroxylation is 1. The Morgan fingerprint density at radius 2 is 1.95 bits per heavy atom. The number of pyridine rings is 1. The highest BCUT2D eigenvalue weighted by Gasteiger charge is 2.42. The predicted octanol–water partition coefficient (Wildman–Crippen LogP) is 1.32. The first-order valence-electron chi connectivity index (χ1n) is 6.58. The van der Waals surface area contributed by atoms with Crippen molar-refractivity contribution in [2.75, 3.05) is 0 Å². The van der Waals surface area contributed by atoms with Gasteiger partial charge in [0.2, 0.25) is 0 Å². The van der Waals surface area contributed by atoms with Crippen LogP contribution in [0.5, 0.6) is 0 Å². The second kappa shape index (κ2) is 4.23. The first-order valence-corrected chi connectivity index (χ1v) is 6.58. The summed E-state index contributed by atoms with van der Waals surface area (Å²) in [6, 6.07) is 4.01. The van der Waals surface area contributed by atoms with Gasteiger partial charge in [-0.1, -0.05) is 0 Å². The van der Waals surface area contributed by atoms with E-state index in [1.54, 1.807) is 6.92 Å². The molecule has 2 fully saturated rings. The first kappa shape index (κ1) is 12.0. The lowest BCUT2D eigenvalue weighted by molar-refractivity contribution is 0.0722. The standard InChI is InChI=1S/C14H15N3O2/c1-8-6-9(7-15)13(18)16-12(8)14(19)17(10-2-3-10)11-4-5-11/h6,10-11H,2-5H2,1H3,(H,16,18). The molecule has 0 atom stereocenters. The fourth-order valence-electron chi connectivity index (χ4n) is 2.40. The van der Waals surface area contributed by atoms with E-state index in [1.165, 1.54) is 6.07 Å². The molecular weight excluding hydrogens is 242 g/mol. The molecule has 98 valence electrons. The number of nitrogens with zero attached hydrogens (tertiary/aromatic N) is 2. The van der Waals surface area contributed by atoms with Gasteiger partial charge >= 0.3 is 0 Å². The van der Waals surface area contributed by atoms with Gasteiger partial charge in [0.05, 0.1) is 0 Å². The highest BCUT2D eigenvalue weighted by atomic mass is 16.2. The molecule has 2 aliphatic carbocycles. The number of aromatic amines is 1. The average molecular weight is 257 g/mol. The summed E-state index contributed by atoms with van der Waals surface area (Å²) in [5, 5.41) is 8.81. The normalized spacial score (nSPS) is 17.9. The third-order valence-corrected chi connectivity index (χ3v) is 3.69. The highest BCUT2D eigenvalue weighted by molar-refractivity contribution is 5.94. The SMILES string of the molecule is Cc1cc(C#N)c(=O)[nH]c1C(=O)N(C1CC1)C1CC1. The van der Waals surface area contributed by atoms with Crippen LogP contribution in [-0.2, 0) is 0 Å². The molecule has 1 aromatic rings. The lowest BCUT2D eigenvalue weighted by atomic mass is 10.1. The Morgan fingerprint density at radius 1 is 1.37 bits per heavy atom. The minimum Gasteiger partial charge on any atom is -0.331 e. The van der Waals surface area contributed by atoms with E-state index in [-0.39, 0.29) is 11.5 Å². The average Bonchev–Trinajstić information content (AvgIpc) is 3.24. The van der Waals surface area contributed by atoms with Crippen molar-refractivity contribution in [3.05, 3.63) is 33.2 Å². The van der Waals surface area contributed by atoms with Crippen molar-refractivity contribution in [2.45, 2.75) is 44.7 Å². The van der Waals surface area contributed by atoms with Crippen LogP contribution in [0.4, 0.5) is 0 Å². The maximum Gasteiger partial charge on any atom is 0.271 e. The summed E-state index contributed by atoms with van der Waals surface area (Å²) in [6.07, 6.45) is 4.23. The van der Waals surface area contributed by atoms with E-state index < -0.39 is 5.56 Å². The monoisotopic (exact) mass is 257 g/mol. The largest absolute Gasteiger partial charge is 0.331 e. The molecule has 1 aromatic heterocycles. The van der Waals surface area contributed by atoms with Crippen LogP contribution in [0.25, 0.3) is 0 Å². The molecular formula is C14H15N3O2. The zero-order valence-corrected chi connectivity index (χ0v) is 10.8. The third-order valence-electron chi connectivity index (χ3n) is 3.69. The van der Waals surface area contributed by atoms with Crippen molar-refractivity contribution >= 4 is 5.91 Å². The van der Waals surface area contributed by atoms with Crippen LogP contribution >= 0.6 is 0 Å². The first-order chi connectivity index (χ1) is 9.11. The van der Waals surface area contributed by atoms with Gasteiger partial charge in [0, 0.05) is 12.1 Å². The third kappa shape index (κ3) is 2.14. The van der Waals surface area contributed by atoms with Gasteiger partial charge in [-0.2, -0.15) is 5.26 Å². The Labute approximate surface area is 110 Å². The number of amides is 1. The van der Waals surface area contributed by atoms with Crippen molar-refractivity contribution in [3.63, 3.8) is 0 Å². The molecule has 0 aliphatic heterocycles. The van der Waals surface area contributed by atoms with Gasteiger partial charge < -0.3 is 9.88 Å². The number of carbonyl (C=O) groups is 1. The molecule has 5 heteroatoms. The van der Waals surface area contributed by atoms with E-state index in [4.69, 9.17) is 5.26 Å². The Kier molecular flexibility index (Phi) is 2.67. The molecule has 2 saturated carbocycles. The molecule has 1 amide bonds. The van der Waals surface area contributed by atoms with Crippen LogP contribution in [-0.4, -0.2) is 27.9 Å². The molecule has 2 aliphatic rings. The number of nitrogens with one attached hydrogen (secondary N) is 1. The summed E-state index contributed by atoms with van der Waals surface area (Å²) in [5.41, 5.74) is 0.566. The van der Waals surface area contributed by atoms with Crippen LogP contribution in [0.3, 0.4) is 0 Å². The van der Waals surface area contributed by atoms with Crippen LogP contribution in [0.15, 0.2) is 10.9 Å². The molecule has 1 N–H and O–H groups in total. The number of H-pyrrole nitrogens is 1. The Morgan fingerprint density at radius 3 is 2.42 bits per heavy atom. The molecule has 5 nitrogen and oxygen atoms in total. The number of hydrogen-bond acceptors (Lipinski definition) is 3. The number of rotatable bonds is 3. The summed E-state index contributed by atoms with van der Waals surface area (Å²) < 4.78 is 0. The van der Waals surface area contributed by atoms with Gasteiger partial charge in [0.15, 0.2) is 0 Å². The molecule has 0 spiro atoms. The van der Waals surface area contributed by atoms with Gasteiger partial charge in [0.1, 0.15) is 17.3 Å². The van der Waals surface area contributed by atoms with E-state index in [0.29, 0.717) is 23.3 Å². The summed E-state index contributed by atoms with van der Waals surface area (Å²) in [4.78, 5) is 28.7. The molecule has 0 radical (unpaired) electrons. The molecule has 3 rings (SSSR count). The summed E-state index contributed by atoms with van der Waals surface area (Å²) >= 11 is 0. The zero-order chi connectivity index (χ0) is 13.6. The second-order valence-electron chi connectivity index (χ2n) is 5.36. The maximum absolute atomic E-state index is 12.6. The fourth-order valence-corrected chi connectivity index (χ4v) is 2.40. The lowest BCUT2D eigenvalue weighted by Crippen LogP contribution is -2.37. The fraction of sp³-hybridized carbons (Fsp3) is 0.500. The van der Waals surface area contributed by atoms with Crippen molar-refractivity contribution in [3.8, 4) is 6.07 Å². The van der Waals surface area contributed by atoms with E-state index >= 15 is 0 Å². The van der Waals surface area contributed by atoms with Crippen molar-refractivity contribution in [1.29, 1.82) is 5.26 Å². The topological polar surface area (TPSA) is 77.0 Å². The minimum atomic E-state index is -0.483. The molecule has 0 aromatic carbocycles. The minimum absolute atomic E-state index is 0.0541. The molecule has 1 heterocycles. The Balaban J connectivity index is 1.97. The van der Waals surface area contributed by atoms with Crippen LogP contribution < -0.4 is 5.56 Å². The van der Waals surface area contributed by atoms with Crippen molar-refractivity contribution < 1.29 is 4.79 Å². The smallest absolute Gasteiger partial charge is 0.271 e. The van der Waals surface area contributed by atoms with Crippen LogP contribution in [0.2, 0.25) is 0 Å². The molecule has 0 saturated heterocycles. The van der Waals surface area contributed by atoms with Crippen LogP contribution in [0, 0.1) is 18.3 Å². The molecule has 0 unspecified atom stereocenters. The molecule has 19 heavy (non-hydrogen) atoms. The van der Waals surface area contributed by atoms with Gasteiger partial charge in [0.25, 0.3) is 11.5 Å².